The van der Waals surface area contributed by atoms with Crippen molar-refractivity contribution in [2.75, 3.05) is 31.2 Å². The zero-order chi connectivity index (χ0) is 34.6. The highest BCUT2D eigenvalue weighted by Gasteiger charge is 2.18. The van der Waals surface area contributed by atoms with Gasteiger partial charge in [-0.2, -0.15) is 0 Å². The number of non-ortho nitro benzene ring substituents is 3. The third kappa shape index (κ3) is 9.16. The van der Waals surface area contributed by atoms with Gasteiger partial charge in [-0.1, -0.05) is 18.2 Å². The largest absolute Gasteiger partial charge is 0.460 e. The molecule has 0 spiro atoms. The van der Waals surface area contributed by atoms with Gasteiger partial charge in [-0.25, -0.2) is 14.4 Å². The molecule has 0 fully saturated rings. The van der Waals surface area contributed by atoms with Crippen LogP contribution in [0.15, 0.2) is 97.1 Å². The van der Waals surface area contributed by atoms with Crippen molar-refractivity contribution in [3.63, 3.8) is 0 Å². The predicted octanol–water partition coefficient (Wildman–Crippen LogP) is 5.29. The first-order valence-electron chi connectivity index (χ1n) is 14.1. The number of ether oxygens (including phenoxy) is 3. The minimum absolute atomic E-state index is 0.0844. The van der Waals surface area contributed by atoms with Crippen molar-refractivity contribution >= 4 is 40.7 Å². The average molecular weight is 659 g/mol. The first kappa shape index (κ1) is 34.2. The maximum absolute atomic E-state index is 12.7. The number of anilines is 1. The van der Waals surface area contributed by atoms with E-state index in [0.717, 1.165) is 0 Å². The lowest BCUT2D eigenvalue weighted by molar-refractivity contribution is -0.385. The van der Waals surface area contributed by atoms with Crippen LogP contribution in [0.4, 0.5) is 22.7 Å². The Kier molecular flexibility index (Phi) is 11.4. The highest BCUT2D eigenvalue weighted by molar-refractivity contribution is 5.90. The van der Waals surface area contributed by atoms with Crippen LogP contribution >= 0.6 is 0 Å². The molecule has 0 aliphatic carbocycles. The van der Waals surface area contributed by atoms with E-state index in [1.807, 2.05) is 0 Å². The molecule has 0 unspecified atom stereocenters. The Balaban J connectivity index is 1.45. The summed E-state index contributed by atoms with van der Waals surface area (Å²) < 4.78 is 16.2. The van der Waals surface area contributed by atoms with Gasteiger partial charge in [-0.3, -0.25) is 30.3 Å². The van der Waals surface area contributed by atoms with Gasteiger partial charge in [-0.05, 0) is 42.5 Å². The van der Waals surface area contributed by atoms with E-state index in [-0.39, 0.29) is 66.7 Å². The van der Waals surface area contributed by atoms with Crippen molar-refractivity contribution < 1.29 is 43.4 Å². The van der Waals surface area contributed by atoms with E-state index >= 15 is 0 Å². The molecule has 0 radical (unpaired) electrons. The standard InChI is InChI=1S/C32H26N4O12/c37-30(22-5-11-26(12-6-22)34(40)41)46-19-17-33(18-20-47-31(38)23-7-13-27(14-8-23)35(42)43)29-4-2-1-3-25(29)21-48-32(39)24-9-15-28(16-10-24)36(44)45/h1-16H,17-21H2. The lowest BCUT2D eigenvalue weighted by atomic mass is 10.1. The second kappa shape index (κ2) is 16.0. The van der Waals surface area contributed by atoms with Crippen LogP contribution in [-0.2, 0) is 20.8 Å². The molecular formula is C32H26N4O12. The monoisotopic (exact) mass is 658 g/mol. The van der Waals surface area contributed by atoms with Gasteiger partial charge in [0.15, 0.2) is 0 Å². The zero-order valence-corrected chi connectivity index (χ0v) is 25.0. The van der Waals surface area contributed by atoms with E-state index in [2.05, 4.69) is 0 Å². The molecule has 0 amide bonds. The number of nitrogens with zero attached hydrogens (tertiary/aromatic N) is 4. The summed E-state index contributed by atoms with van der Waals surface area (Å²) in [7, 11) is 0. The number of para-hydroxylation sites is 1. The molecule has 0 aliphatic rings. The summed E-state index contributed by atoms with van der Waals surface area (Å²) in [5.41, 5.74) is 0.828. The van der Waals surface area contributed by atoms with Crippen molar-refractivity contribution in [3.05, 3.63) is 150 Å². The number of hydrogen-bond donors (Lipinski definition) is 0. The minimum Gasteiger partial charge on any atom is -0.460 e. The topological polar surface area (TPSA) is 212 Å². The number of benzene rings is 4. The Morgan fingerprint density at radius 1 is 0.521 bits per heavy atom. The number of nitro benzene ring substituents is 3. The molecule has 4 aromatic rings. The number of hydrogen-bond acceptors (Lipinski definition) is 13. The first-order chi connectivity index (χ1) is 23.0. The normalized spacial score (nSPS) is 10.4. The van der Waals surface area contributed by atoms with Gasteiger partial charge in [-0.15, -0.1) is 0 Å². The Morgan fingerprint density at radius 2 is 0.875 bits per heavy atom. The van der Waals surface area contributed by atoms with Gasteiger partial charge in [0.25, 0.3) is 17.1 Å². The maximum atomic E-state index is 12.7. The number of carbonyl (C=O) groups excluding carboxylic acids is 3. The van der Waals surface area contributed by atoms with Gasteiger partial charge in [0, 0.05) is 47.6 Å². The van der Waals surface area contributed by atoms with Crippen LogP contribution in [0.25, 0.3) is 0 Å². The van der Waals surface area contributed by atoms with Gasteiger partial charge in [0.05, 0.1) is 44.5 Å². The highest BCUT2D eigenvalue weighted by atomic mass is 16.6. The summed E-state index contributed by atoms with van der Waals surface area (Å²) in [5.74, 6) is -2.17. The summed E-state index contributed by atoms with van der Waals surface area (Å²) in [6.07, 6.45) is 0. The number of carbonyl (C=O) groups is 3. The third-order valence-corrected chi connectivity index (χ3v) is 6.82. The molecule has 246 valence electrons. The fraction of sp³-hybridized carbons (Fsp3) is 0.156. The van der Waals surface area contributed by atoms with Crippen LogP contribution < -0.4 is 4.90 Å². The lowest BCUT2D eigenvalue weighted by Gasteiger charge is -2.27. The Hall–Kier alpha value is -6.71. The van der Waals surface area contributed by atoms with Crippen LogP contribution in [0.3, 0.4) is 0 Å². The summed E-state index contributed by atoms with van der Waals surface area (Å²) in [5, 5.41) is 32.7. The average Bonchev–Trinajstić information content (AvgIpc) is 3.10. The molecule has 4 rings (SSSR count). The van der Waals surface area contributed by atoms with Gasteiger partial charge in [0.1, 0.15) is 19.8 Å². The van der Waals surface area contributed by atoms with E-state index in [9.17, 15) is 44.7 Å². The zero-order valence-electron chi connectivity index (χ0n) is 25.0. The fourth-order valence-corrected chi connectivity index (χ4v) is 4.34. The van der Waals surface area contributed by atoms with Crippen LogP contribution in [0.1, 0.15) is 36.6 Å². The van der Waals surface area contributed by atoms with Crippen LogP contribution in [-0.4, -0.2) is 59.0 Å². The first-order valence-corrected chi connectivity index (χ1v) is 14.1. The second-order valence-corrected chi connectivity index (χ2v) is 9.88. The van der Waals surface area contributed by atoms with E-state index in [1.165, 1.54) is 72.8 Å². The summed E-state index contributed by atoms with van der Waals surface area (Å²) >= 11 is 0. The molecule has 0 aliphatic heterocycles. The Labute approximate surface area is 271 Å². The maximum Gasteiger partial charge on any atom is 0.338 e. The van der Waals surface area contributed by atoms with E-state index < -0.39 is 32.7 Å². The number of rotatable bonds is 15. The van der Waals surface area contributed by atoms with Crippen molar-refractivity contribution in [2.24, 2.45) is 0 Å². The smallest absolute Gasteiger partial charge is 0.338 e. The molecule has 48 heavy (non-hydrogen) atoms. The van der Waals surface area contributed by atoms with Crippen LogP contribution in [0, 0.1) is 30.3 Å². The molecule has 0 saturated carbocycles. The lowest BCUT2D eigenvalue weighted by Crippen LogP contribution is -2.33. The molecule has 4 aromatic carbocycles. The van der Waals surface area contributed by atoms with Crippen molar-refractivity contribution in [1.82, 2.24) is 0 Å². The number of nitro groups is 3. The fourth-order valence-electron chi connectivity index (χ4n) is 4.34. The van der Waals surface area contributed by atoms with E-state index in [1.54, 1.807) is 29.2 Å². The van der Waals surface area contributed by atoms with Crippen LogP contribution in [0.5, 0.6) is 0 Å². The number of esters is 3. The molecule has 0 N–H and O–H groups in total. The van der Waals surface area contributed by atoms with Gasteiger partial charge >= 0.3 is 17.9 Å². The molecule has 0 heterocycles. The molecule has 0 saturated heterocycles. The summed E-state index contributed by atoms with van der Waals surface area (Å²) in [6, 6.07) is 21.5. The minimum atomic E-state index is -0.722. The molecular weight excluding hydrogens is 632 g/mol. The SMILES string of the molecule is O=C(OCCN(CCOC(=O)c1ccc([N+](=O)[O-])cc1)c1ccccc1COC(=O)c1ccc([N+](=O)[O-])cc1)c1ccc([N+](=O)[O-])cc1. The van der Waals surface area contributed by atoms with Crippen LogP contribution in [0.2, 0.25) is 0 Å². The highest BCUT2D eigenvalue weighted by Crippen LogP contribution is 2.23. The van der Waals surface area contributed by atoms with Crippen molar-refractivity contribution in [2.45, 2.75) is 6.61 Å². The molecule has 0 bridgehead atoms. The summed E-state index contributed by atoms with van der Waals surface area (Å²) in [6.45, 7) is -0.331. The Bertz CT molecular complexity index is 1740. The van der Waals surface area contributed by atoms with Gasteiger partial charge in [0.2, 0.25) is 0 Å². The Morgan fingerprint density at radius 3 is 1.25 bits per heavy atom. The van der Waals surface area contributed by atoms with Crippen molar-refractivity contribution in [3.8, 4) is 0 Å². The molecule has 0 atom stereocenters. The molecule has 0 aromatic heterocycles. The summed E-state index contributed by atoms with van der Waals surface area (Å²) in [4.78, 5) is 70.5. The molecule has 16 heteroatoms. The van der Waals surface area contributed by atoms with E-state index in [4.69, 9.17) is 14.2 Å². The second-order valence-electron chi connectivity index (χ2n) is 9.88. The van der Waals surface area contributed by atoms with Gasteiger partial charge < -0.3 is 19.1 Å². The van der Waals surface area contributed by atoms with E-state index in [0.29, 0.717) is 11.3 Å². The quantitative estimate of drug-likeness (QED) is 0.0688. The molecule has 16 nitrogen and oxygen atoms in total. The third-order valence-electron chi connectivity index (χ3n) is 6.82. The van der Waals surface area contributed by atoms with Crippen molar-refractivity contribution in [1.29, 1.82) is 0 Å². The predicted molar refractivity (Wildman–Crippen MR) is 168 cm³/mol.